The number of nitrogens with zero attached hydrogens (tertiary/aromatic N) is 2. The number of nitrogens with one attached hydrogen (secondary N) is 1. The van der Waals surface area contributed by atoms with E-state index in [1.807, 2.05) is 36.0 Å². The van der Waals surface area contributed by atoms with E-state index in [0.29, 0.717) is 11.9 Å². The Bertz CT molecular complexity index is 820. The molecule has 1 aromatic carbocycles. The van der Waals surface area contributed by atoms with Crippen molar-refractivity contribution < 1.29 is 9.53 Å². The van der Waals surface area contributed by atoms with E-state index in [4.69, 9.17) is 4.74 Å². The van der Waals surface area contributed by atoms with E-state index in [-0.39, 0.29) is 17.4 Å². The summed E-state index contributed by atoms with van der Waals surface area (Å²) in [5, 5.41) is 1.56. The highest BCUT2D eigenvalue weighted by atomic mass is 16.5. The number of hydrogen-bond acceptors (Lipinski definition) is 4. The number of rotatable bonds is 4. The van der Waals surface area contributed by atoms with Gasteiger partial charge in [-0.25, -0.2) is 0 Å². The first-order valence-corrected chi connectivity index (χ1v) is 8.61. The van der Waals surface area contributed by atoms with Crippen molar-refractivity contribution in [3.05, 3.63) is 40.3 Å². The number of methoxy groups -OCH3 is 1. The summed E-state index contributed by atoms with van der Waals surface area (Å²) in [5.74, 6) is 1.18. The van der Waals surface area contributed by atoms with Crippen LogP contribution in [0, 0.1) is 0 Å². The zero-order valence-electron chi connectivity index (χ0n) is 15.0. The molecule has 1 amide bonds. The number of ether oxygens (including phenoxy) is 1. The standard InChI is InChI=1S/C19H25N3O3/c1-21(2)12-18(23)22-8-6-13(7-9-22)17-11-14-10-15(25-3)4-5-16(14)19(24)20-17/h4-5,10-11,13H,6-9,12H2,1-3H3,(H,20,24). The van der Waals surface area contributed by atoms with Gasteiger partial charge in [0.25, 0.3) is 5.56 Å². The number of aromatic amines is 1. The zero-order chi connectivity index (χ0) is 18.0. The SMILES string of the molecule is COc1ccc2c(=O)[nH]c(C3CCN(C(=O)CN(C)C)CC3)cc2c1. The lowest BCUT2D eigenvalue weighted by Gasteiger charge is -2.32. The van der Waals surface area contributed by atoms with Gasteiger partial charge in [0.1, 0.15) is 5.75 Å². The Kier molecular flexibility index (Phi) is 5.08. The van der Waals surface area contributed by atoms with E-state index in [1.54, 1.807) is 19.2 Å². The molecule has 25 heavy (non-hydrogen) atoms. The molecule has 0 bridgehead atoms. The van der Waals surface area contributed by atoms with Gasteiger partial charge in [0, 0.05) is 30.1 Å². The molecule has 0 spiro atoms. The molecule has 3 rings (SSSR count). The predicted octanol–water partition coefficient (Wildman–Crippen LogP) is 1.80. The molecule has 1 aliphatic rings. The first-order valence-electron chi connectivity index (χ1n) is 8.61. The van der Waals surface area contributed by atoms with Crippen LogP contribution in [0.2, 0.25) is 0 Å². The molecular weight excluding hydrogens is 318 g/mol. The number of piperidine rings is 1. The number of benzene rings is 1. The van der Waals surface area contributed by atoms with Gasteiger partial charge >= 0.3 is 0 Å². The third-order valence-electron chi connectivity index (χ3n) is 4.81. The molecule has 0 saturated carbocycles. The van der Waals surface area contributed by atoms with Gasteiger partial charge < -0.3 is 19.5 Å². The van der Waals surface area contributed by atoms with Crippen LogP contribution in [0.5, 0.6) is 5.75 Å². The lowest BCUT2D eigenvalue weighted by molar-refractivity contribution is -0.132. The average molecular weight is 343 g/mol. The summed E-state index contributed by atoms with van der Waals surface area (Å²) < 4.78 is 5.26. The van der Waals surface area contributed by atoms with Gasteiger partial charge in [-0.05, 0) is 56.6 Å². The molecule has 0 unspecified atom stereocenters. The highest BCUT2D eigenvalue weighted by Gasteiger charge is 2.24. The number of carbonyl (C=O) groups excluding carboxylic acids is 1. The second-order valence-electron chi connectivity index (χ2n) is 6.90. The van der Waals surface area contributed by atoms with E-state index < -0.39 is 0 Å². The van der Waals surface area contributed by atoms with Gasteiger partial charge in [-0.1, -0.05) is 0 Å². The highest BCUT2D eigenvalue weighted by molar-refractivity contribution is 5.83. The lowest BCUT2D eigenvalue weighted by atomic mass is 9.92. The summed E-state index contributed by atoms with van der Waals surface area (Å²) in [7, 11) is 5.42. The second-order valence-corrected chi connectivity index (χ2v) is 6.90. The van der Waals surface area contributed by atoms with Crippen LogP contribution in [0.4, 0.5) is 0 Å². The molecule has 6 heteroatoms. The van der Waals surface area contributed by atoms with Crippen molar-refractivity contribution in [1.82, 2.24) is 14.8 Å². The van der Waals surface area contributed by atoms with Gasteiger partial charge in [0.05, 0.1) is 13.7 Å². The maximum atomic E-state index is 12.4. The summed E-state index contributed by atoms with van der Waals surface area (Å²) in [6, 6.07) is 7.52. The van der Waals surface area contributed by atoms with Crippen molar-refractivity contribution in [3.63, 3.8) is 0 Å². The molecule has 1 aliphatic heterocycles. The molecule has 134 valence electrons. The molecule has 0 radical (unpaired) electrons. The minimum atomic E-state index is -0.0683. The number of likely N-dealkylation sites (N-methyl/N-ethyl adjacent to an activating group) is 1. The Balaban J connectivity index is 1.77. The minimum absolute atomic E-state index is 0.0683. The van der Waals surface area contributed by atoms with Crippen molar-refractivity contribution in [1.29, 1.82) is 0 Å². The number of likely N-dealkylation sites (tertiary alicyclic amines) is 1. The average Bonchev–Trinajstić information content (AvgIpc) is 2.60. The Labute approximate surface area is 147 Å². The highest BCUT2D eigenvalue weighted by Crippen LogP contribution is 2.28. The minimum Gasteiger partial charge on any atom is -0.497 e. The Morgan fingerprint density at radius 3 is 2.64 bits per heavy atom. The number of amides is 1. The maximum absolute atomic E-state index is 12.4. The van der Waals surface area contributed by atoms with Gasteiger partial charge in [0.2, 0.25) is 5.91 Å². The largest absolute Gasteiger partial charge is 0.497 e. The van der Waals surface area contributed by atoms with Crippen LogP contribution in [-0.2, 0) is 4.79 Å². The van der Waals surface area contributed by atoms with E-state index in [9.17, 15) is 9.59 Å². The number of hydrogen-bond donors (Lipinski definition) is 1. The number of fused-ring (bicyclic) bond motifs is 1. The van der Waals surface area contributed by atoms with Crippen molar-refractivity contribution in [2.75, 3.05) is 40.8 Å². The van der Waals surface area contributed by atoms with Crippen LogP contribution in [0.1, 0.15) is 24.5 Å². The summed E-state index contributed by atoms with van der Waals surface area (Å²) in [6.45, 7) is 1.91. The third kappa shape index (κ3) is 3.85. The van der Waals surface area contributed by atoms with Crippen molar-refractivity contribution in [2.24, 2.45) is 0 Å². The summed E-state index contributed by atoms with van der Waals surface area (Å²) in [6.07, 6.45) is 1.73. The monoisotopic (exact) mass is 343 g/mol. The van der Waals surface area contributed by atoms with Crippen LogP contribution in [0.3, 0.4) is 0 Å². The quantitative estimate of drug-likeness (QED) is 0.919. The van der Waals surface area contributed by atoms with Gasteiger partial charge in [-0.15, -0.1) is 0 Å². The van der Waals surface area contributed by atoms with Crippen molar-refractivity contribution in [2.45, 2.75) is 18.8 Å². The maximum Gasteiger partial charge on any atom is 0.256 e. The van der Waals surface area contributed by atoms with Crippen molar-refractivity contribution in [3.8, 4) is 5.75 Å². The Morgan fingerprint density at radius 1 is 1.28 bits per heavy atom. The van der Waals surface area contributed by atoms with Crippen LogP contribution in [0.15, 0.2) is 29.1 Å². The van der Waals surface area contributed by atoms with Crippen LogP contribution < -0.4 is 10.3 Å². The fraction of sp³-hybridized carbons (Fsp3) is 0.474. The fourth-order valence-electron chi connectivity index (χ4n) is 3.43. The van der Waals surface area contributed by atoms with Crippen LogP contribution >= 0.6 is 0 Å². The lowest BCUT2D eigenvalue weighted by Crippen LogP contribution is -2.42. The number of aromatic nitrogens is 1. The van der Waals surface area contributed by atoms with E-state index in [2.05, 4.69) is 4.98 Å². The van der Waals surface area contributed by atoms with Crippen LogP contribution in [-0.4, -0.2) is 61.5 Å². The number of pyridine rings is 1. The number of carbonyl (C=O) groups is 1. The normalized spacial score (nSPS) is 15.8. The molecule has 2 aromatic rings. The van der Waals surface area contributed by atoms with Gasteiger partial charge in [-0.2, -0.15) is 0 Å². The van der Waals surface area contributed by atoms with E-state index in [1.165, 1.54) is 0 Å². The first kappa shape index (κ1) is 17.5. The van der Waals surface area contributed by atoms with Gasteiger partial charge in [-0.3, -0.25) is 9.59 Å². The molecule has 1 saturated heterocycles. The smallest absolute Gasteiger partial charge is 0.256 e. The zero-order valence-corrected chi connectivity index (χ0v) is 15.0. The molecule has 0 aliphatic carbocycles. The summed E-state index contributed by atoms with van der Waals surface area (Å²) in [5.41, 5.74) is 0.881. The molecule has 1 aromatic heterocycles. The van der Waals surface area contributed by atoms with Crippen molar-refractivity contribution >= 4 is 16.7 Å². The molecule has 1 fully saturated rings. The van der Waals surface area contributed by atoms with Crippen LogP contribution in [0.25, 0.3) is 10.8 Å². The van der Waals surface area contributed by atoms with Gasteiger partial charge in [0.15, 0.2) is 0 Å². The molecular formula is C19H25N3O3. The molecule has 0 atom stereocenters. The number of H-pyrrole nitrogens is 1. The topological polar surface area (TPSA) is 65.6 Å². The molecule has 1 N–H and O–H groups in total. The Hall–Kier alpha value is -2.34. The van der Waals surface area contributed by atoms with E-state index in [0.717, 1.165) is 42.8 Å². The van der Waals surface area contributed by atoms with E-state index >= 15 is 0 Å². The summed E-state index contributed by atoms with van der Waals surface area (Å²) in [4.78, 5) is 31.4. The molecule has 6 nitrogen and oxygen atoms in total. The molecule has 2 heterocycles. The fourth-order valence-corrected chi connectivity index (χ4v) is 3.43. The third-order valence-corrected chi connectivity index (χ3v) is 4.81. The first-order chi connectivity index (χ1) is 12.0. The summed E-state index contributed by atoms with van der Waals surface area (Å²) >= 11 is 0. The predicted molar refractivity (Wildman–Crippen MR) is 98.2 cm³/mol. The Morgan fingerprint density at radius 2 is 2.00 bits per heavy atom. The second kappa shape index (κ2) is 7.27.